The molecule has 1 saturated carbocycles. The van der Waals surface area contributed by atoms with Gasteiger partial charge in [-0.2, -0.15) is 0 Å². The van der Waals surface area contributed by atoms with Crippen LogP contribution in [0.2, 0.25) is 0 Å². The van der Waals surface area contributed by atoms with Gasteiger partial charge in [-0.1, -0.05) is 0 Å². The minimum absolute atomic E-state index is 0.0907. The molecule has 0 atom stereocenters. The Balaban J connectivity index is 2.41. The van der Waals surface area contributed by atoms with Crippen LogP contribution in [0.25, 0.3) is 0 Å². The van der Waals surface area contributed by atoms with Crippen molar-refractivity contribution in [3.8, 4) is 0 Å². The molecule has 1 aromatic rings. The number of sulfonamides is 1. The first-order valence-electron chi connectivity index (χ1n) is 5.44. The fourth-order valence-corrected chi connectivity index (χ4v) is 3.22. The Kier molecular flexibility index (Phi) is 3.24. The average Bonchev–Trinajstić information content (AvgIpc) is 3.15. The van der Waals surface area contributed by atoms with Crippen LogP contribution >= 0.6 is 0 Å². The van der Waals surface area contributed by atoms with Gasteiger partial charge >= 0.3 is 5.97 Å². The summed E-state index contributed by atoms with van der Waals surface area (Å²) in [5, 5.41) is 8.90. The van der Waals surface area contributed by atoms with Crippen LogP contribution in [0.1, 0.15) is 23.2 Å². The predicted octanol–water partition coefficient (Wildman–Crippen LogP) is 1.14. The third-order valence-corrected chi connectivity index (χ3v) is 5.20. The Morgan fingerprint density at radius 2 is 1.95 bits per heavy atom. The molecule has 9 heteroatoms. The van der Waals surface area contributed by atoms with Crippen LogP contribution in [0, 0.1) is 11.6 Å². The fourth-order valence-electron chi connectivity index (χ4n) is 1.71. The second-order valence-electron chi connectivity index (χ2n) is 4.35. The van der Waals surface area contributed by atoms with Gasteiger partial charge in [-0.25, -0.2) is 17.2 Å². The molecule has 0 saturated heterocycles. The predicted molar refractivity (Wildman–Crippen MR) is 63.9 cm³/mol. The lowest BCUT2D eigenvalue weighted by Gasteiger charge is -2.14. The Bertz CT molecular complexity index is 697. The third-order valence-electron chi connectivity index (χ3n) is 3.10. The minimum atomic E-state index is -4.39. The summed E-state index contributed by atoms with van der Waals surface area (Å²) in [4.78, 5) is 21.5. The molecule has 1 aliphatic rings. The van der Waals surface area contributed by atoms with E-state index in [9.17, 15) is 26.8 Å². The Labute approximate surface area is 112 Å². The quantitative estimate of drug-likeness (QED) is 0.794. The maximum atomic E-state index is 13.7. The third kappa shape index (κ3) is 2.03. The summed E-state index contributed by atoms with van der Waals surface area (Å²) < 4.78 is 50.4. The zero-order valence-electron chi connectivity index (χ0n) is 9.89. The zero-order chi connectivity index (χ0) is 15.1. The Hall–Kier alpha value is -2.03. The topological polar surface area (TPSA) is 101 Å². The smallest absolute Gasteiger partial charge is 0.326 e. The molecule has 2 N–H and O–H groups in total. The molecule has 2 rings (SSSR count). The van der Waals surface area contributed by atoms with Gasteiger partial charge in [0.15, 0.2) is 16.9 Å². The first-order chi connectivity index (χ1) is 9.25. The molecule has 0 spiro atoms. The van der Waals surface area contributed by atoms with Crippen molar-refractivity contribution in [3.63, 3.8) is 0 Å². The highest BCUT2D eigenvalue weighted by atomic mass is 32.2. The fraction of sp³-hybridized carbons (Fsp3) is 0.273. The molecule has 20 heavy (non-hydrogen) atoms. The largest absolute Gasteiger partial charge is 0.480 e. The van der Waals surface area contributed by atoms with E-state index in [1.54, 1.807) is 4.72 Å². The van der Waals surface area contributed by atoms with E-state index >= 15 is 0 Å². The van der Waals surface area contributed by atoms with Gasteiger partial charge in [0.1, 0.15) is 5.82 Å². The number of nitrogens with one attached hydrogen (secondary N) is 1. The number of aldehydes is 1. The molecule has 6 nitrogen and oxygen atoms in total. The zero-order valence-corrected chi connectivity index (χ0v) is 10.7. The summed E-state index contributed by atoms with van der Waals surface area (Å²) in [6.07, 6.45) is -0.283. The summed E-state index contributed by atoms with van der Waals surface area (Å²) in [5.74, 6) is -4.06. The van der Waals surface area contributed by atoms with Gasteiger partial charge in [0.2, 0.25) is 10.0 Å². The van der Waals surface area contributed by atoms with Gasteiger partial charge in [0.25, 0.3) is 0 Å². The van der Waals surface area contributed by atoms with E-state index in [0.29, 0.717) is 6.07 Å². The van der Waals surface area contributed by atoms with Crippen LogP contribution in [0.4, 0.5) is 14.5 Å². The maximum absolute atomic E-state index is 13.7. The summed E-state index contributed by atoms with van der Waals surface area (Å²) in [7, 11) is -4.39. The number of carbonyl (C=O) groups is 2. The highest BCUT2D eigenvalue weighted by Crippen LogP contribution is 2.44. The lowest BCUT2D eigenvalue weighted by Crippen LogP contribution is -2.37. The van der Waals surface area contributed by atoms with E-state index in [2.05, 4.69) is 0 Å². The summed E-state index contributed by atoms with van der Waals surface area (Å²) >= 11 is 0. The molecular weight excluding hydrogens is 296 g/mol. The second-order valence-corrected chi connectivity index (χ2v) is 6.34. The van der Waals surface area contributed by atoms with Gasteiger partial charge in [0, 0.05) is 0 Å². The van der Waals surface area contributed by atoms with Crippen molar-refractivity contribution in [2.75, 3.05) is 4.72 Å². The van der Waals surface area contributed by atoms with Crippen LogP contribution in [-0.4, -0.2) is 30.5 Å². The molecule has 0 unspecified atom stereocenters. The molecule has 0 aliphatic heterocycles. The Morgan fingerprint density at radius 3 is 2.40 bits per heavy atom. The van der Waals surface area contributed by atoms with Crippen molar-refractivity contribution in [1.82, 2.24) is 0 Å². The molecular formula is C11H9F2NO5S. The summed E-state index contributed by atoms with van der Waals surface area (Å²) in [6, 6.07) is 1.50. The van der Waals surface area contributed by atoms with Crippen LogP contribution < -0.4 is 4.72 Å². The molecule has 108 valence electrons. The van der Waals surface area contributed by atoms with E-state index in [-0.39, 0.29) is 19.1 Å². The minimum Gasteiger partial charge on any atom is -0.480 e. The monoisotopic (exact) mass is 305 g/mol. The van der Waals surface area contributed by atoms with Gasteiger partial charge in [-0.15, -0.1) is 0 Å². The number of carbonyl (C=O) groups excluding carboxylic acids is 1. The molecule has 1 aromatic carbocycles. The van der Waals surface area contributed by atoms with Crippen LogP contribution in [0.3, 0.4) is 0 Å². The van der Waals surface area contributed by atoms with Crippen molar-refractivity contribution in [2.24, 2.45) is 0 Å². The number of anilines is 1. The van der Waals surface area contributed by atoms with Crippen molar-refractivity contribution in [3.05, 3.63) is 29.3 Å². The van der Waals surface area contributed by atoms with Gasteiger partial charge < -0.3 is 5.11 Å². The number of halogens is 2. The highest BCUT2D eigenvalue weighted by molar-refractivity contribution is 7.95. The van der Waals surface area contributed by atoms with Crippen molar-refractivity contribution in [1.29, 1.82) is 0 Å². The van der Waals surface area contributed by atoms with Gasteiger partial charge in [-0.3, -0.25) is 14.3 Å². The Morgan fingerprint density at radius 1 is 1.35 bits per heavy atom. The molecule has 0 radical (unpaired) electrons. The van der Waals surface area contributed by atoms with E-state index in [1.165, 1.54) is 0 Å². The lowest BCUT2D eigenvalue weighted by molar-refractivity contribution is -0.137. The van der Waals surface area contributed by atoms with Crippen molar-refractivity contribution >= 4 is 28.0 Å². The standard InChI is InChI=1S/C11H9F2NO5S/c12-7-1-2-8(9(13)6(7)5-15)14-20(18,19)11(3-4-11)10(16)17/h1-2,5,14H,3-4H2,(H,16,17). The van der Waals surface area contributed by atoms with Gasteiger partial charge in [-0.05, 0) is 25.0 Å². The van der Waals surface area contributed by atoms with Crippen LogP contribution in [-0.2, 0) is 14.8 Å². The number of benzene rings is 1. The molecule has 0 heterocycles. The number of aliphatic carboxylic acids is 1. The average molecular weight is 305 g/mol. The number of rotatable bonds is 5. The summed E-state index contributed by atoms with van der Waals surface area (Å²) in [5.41, 5.74) is -1.59. The van der Waals surface area contributed by atoms with Gasteiger partial charge in [0.05, 0.1) is 11.3 Å². The van der Waals surface area contributed by atoms with Crippen molar-refractivity contribution in [2.45, 2.75) is 17.6 Å². The molecule has 0 amide bonds. The highest BCUT2D eigenvalue weighted by Gasteiger charge is 2.61. The maximum Gasteiger partial charge on any atom is 0.326 e. The van der Waals surface area contributed by atoms with Crippen LogP contribution in [0.15, 0.2) is 12.1 Å². The lowest BCUT2D eigenvalue weighted by atomic mass is 10.2. The molecule has 1 fully saturated rings. The summed E-state index contributed by atoms with van der Waals surface area (Å²) in [6.45, 7) is 0. The molecule has 0 aromatic heterocycles. The number of hydrogen-bond acceptors (Lipinski definition) is 4. The second kappa shape index (κ2) is 4.51. The van der Waals surface area contributed by atoms with E-state index in [0.717, 1.165) is 6.07 Å². The number of carboxylic acid groups (broad SMARTS) is 1. The molecule has 0 bridgehead atoms. The number of carboxylic acids is 1. The number of hydrogen-bond donors (Lipinski definition) is 2. The van der Waals surface area contributed by atoms with E-state index < -0.39 is 43.6 Å². The first-order valence-corrected chi connectivity index (χ1v) is 6.92. The van der Waals surface area contributed by atoms with E-state index in [4.69, 9.17) is 5.11 Å². The SMILES string of the molecule is O=Cc1c(F)ccc(NS(=O)(=O)C2(C(=O)O)CC2)c1F. The van der Waals surface area contributed by atoms with Crippen molar-refractivity contribution < 1.29 is 31.9 Å². The van der Waals surface area contributed by atoms with E-state index in [1.807, 2.05) is 0 Å². The molecule has 1 aliphatic carbocycles. The normalized spacial score (nSPS) is 16.5. The first kappa shape index (κ1) is 14.4. The van der Waals surface area contributed by atoms with Crippen LogP contribution in [0.5, 0.6) is 0 Å².